The molecular formula is C27H30Cl4N2. The van der Waals surface area contributed by atoms with Crippen LogP contribution in [0.4, 0.5) is 0 Å². The number of rotatable bonds is 5. The van der Waals surface area contributed by atoms with Gasteiger partial charge >= 0.3 is 0 Å². The van der Waals surface area contributed by atoms with Crippen LogP contribution in [0.5, 0.6) is 0 Å². The number of nitrogens with zero attached hydrogens (tertiary/aromatic N) is 2. The Hall–Kier alpha value is -1.26. The molecule has 0 radical (unpaired) electrons. The van der Waals surface area contributed by atoms with Gasteiger partial charge < -0.3 is 0 Å². The van der Waals surface area contributed by atoms with Gasteiger partial charge in [-0.1, -0.05) is 89.9 Å². The quantitative estimate of drug-likeness (QED) is 0.345. The van der Waals surface area contributed by atoms with Crippen molar-refractivity contribution >= 4 is 48.0 Å². The smallest absolute Gasteiger partial charge is 0.0595 e. The van der Waals surface area contributed by atoms with E-state index in [0.717, 1.165) is 26.2 Å². The Labute approximate surface area is 219 Å². The second-order valence-corrected chi connectivity index (χ2v) is 9.63. The molecule has 2 saturated heterocycles. The van der Waals surface area contributed by atoms with Crippen LogP contribution in [0.3, 0.4) is 0 Å². The zero-order valence-corrected chi connectivity index (χ0v) is 21.6. The van der Waals surface area contributed by atoms with Crippen molar-refractivity contribution in [2.45, 2.75) is 37.4 Å². The van der Waals surface area contributed by atoms with Crippen LogP contribution in [0.15, 0.2) is 78.9 Å². The molecule has 2 aliphatic rings. The van der Waals surface area contributed by atoms with E-state index in [2.05, 4.69) is 76.5 Å². The molecule has 5 rings (SSSR count). The van der Waals surface area contributed by atoms with Crippen molar-refractivity contribution in [3.8, 4) is 0 Å². The van der Waals surface area contributed by atoms with Crippen LogP contribution >= 0.6 is 48.0 Å². The molecule has 1 unspecified atom stereocenters. The first-order chi connectivity index (χ1) is 15.2. The molecule has 3 aromatic rings. The van der Waals surface area contributed by atoms with Crippen molar-refractivity contribution in [1.29, 1.82) is 0 Å². The van der Waals surface area contributed by atoms with Crippen molar-refractivity contribution in [3.05, 3.63) is 106 Å². The Balaban J connectivity index is 0.00000153. The molecule has 2 nitrogen and oxygen atoms in total. The minimum Gasteiger partial charge on any atom is -0.297 e. The third-order valence-electron chi connectivity index (χ3n) is 6.97. The molecule has 0 aliphatic carbocycles. The third-order valence-corrected chi connectivity index (χ3v) is 7.71. The van der Waals surface area contributed by atoms with Crippen molar-refractivity contribution in [3.63, 3.8) is 0 Å². The average Bonchev–Trinajstić information content (AvgIpc) is 2.81. The summed E-state index contributed by atoms with van der Waals surface area (Å²) in [4.78, 5) is 5.37. The van der Waals surface area contributed by atoms with Crippen molar-refractivity contribution in [1.82, 2.24) is 9.80 Å². The van der Waals surface area contributed by atoms with E-state index in [9.17, 15) is 0 Å². The van der Waals surface area contributed by atoms with Gasteiger partial charge in [0.25, 0.3) is 0 Å². The summed E-state index contributed by atoms with van der Waals surface area (Å²) in [6.07, 6.45) is 2.45. The van der Waals surface area contributed by atoms with E-state index in [0.29, 0.717) is 28.0 Å². The van der Waals surface area contributed by atoms with Crippen molar-refractivity contribution in [2.24, 2.45) is 0 Å². The second kappa shape index (κ2) is 11.9. The van der Waals surface area contributed by atoms with Crippen molar-refractivity contribution in [2.75, 3.05) is 19.6 Å². The summed E-state index contributed by atoms with van der Waals surface area (Å²) in [6, 6.07) is 29.3. The monoisotopic (exact) mass is 522 g/mol. The van der Waals surface area contributed by atoms with E-state index in [1.54, 1.807) is 0 Å². The molecule has 0 spiro atoms. The minimum absolute atomic E-state index is 0. The molecule has 0 saturated carbocycles. The van der Waals surface area contributed by atoms with Gasteiger partial charge in [-0.05, 0) is 41.7 Å². The van der Waals surface area contributed by atoms with E-state index in [4.69, 9.17) is 23.2 Å². The molecule has 2 heterocycles. The number of hydrogen-bond acceptors (Lipinski definition) is 2. The first-order valence-electron chi connectivity index (χ1n) is 11.2. The lowest BCUT2D eigenvalue weighted by atomic mass is 9.79. The average molecular weight is 524 g/mol. The van der Waals surface area contributed by atoms with Gasteiger partial charge in [-0.25, -0.2) is 0 Å². The molecule has 33 heavy (non-hydrogen) atoms. The number of piperidine rings is 1. The first kappa shape index (κ1) is 26.3. The highest BCUT2D eigenvalue weighted by molar-refractivity contribution is 6.42. The van der Waals surface area contributed by atoms with Gasteiger partial charge in [-0.2, -0.15) is 0 Å². The maximum absolute atomic E-state index is 6.25. The third kappa shape index (κ3) is 5.88. The Bertz CT molecular complexity index is 976. The van der Waals surface area contributed by atoms with Crippen LogP contribution in [0.1, 0.15) is 35.4 Å². The lowest BCUT2D eigenvalue weighted by molar-refractivity contribution is -0.00355. The highest BCUT2D eigenvalue weighted by atomic mass is 35.5. The summed E-state index contributed by atoms with van der Waals surface area (Å²) in [7, 11) is 0. The molecule has 3 atom stereocenters. The number of piperazine rings is 1. The predicted octanol–water partition coefficient (Wildman–Crippen LogP) is 7.32. The minimum atomic E-state index is 0. The normalized spacial score (nSPS) is 22.3. The van der Waals surface area contributed by atoms with E-state index in [1.807, 2.05) is 12.1 Å². The Morgan fingerprint density at radius 2 is 1.39 bits per heavy atom. The van der Waals surface area contributed by atoms with Gasteiger partial charge in [0.05, 0.1) is 10.0 Å². The maximum Gasteiger partial charge on any atom is 0.0595 e. The van der Waals surface area contributed by atoms with Crippen LogP contribution in [-0.4, -0.2) is 41.5 Å². The van der Waals surface area contributed by atoms with Crippen LogP contribution in [0.25, 0.3) is 0 Å². The summed E-state index contributed by atoms with van der Waals surface area (Å²) in [5.74, 6) is 0.421. The molecule has 2 fully saturated rings. The largest absolute Gasteiger partial charge is 0.297 e. The molecule has 2 aliphatic heterocycles. The van der Waals surface area contributed by atoms with Crippen molar-refractivity contribution < 1.29 is 0 Å². The number of fused-ring (bicyclic) bond motifs is 2. The Morgan fingerprint density at radius 1 is 0.758 bits per heavy atom. The topological polar surface area (TPSA) is 6.48 Å². The molecule has 2 bridgehead atoms. The summed E-state index contributed by atoms with van der Waals surface area (Å²) < 4.78 is 0. The van der Waals surface area contributed by atoms with Gasteiger partial charge in [0.15, 0.2) is 0 Å². The fourth-order valence-corrected chi connectivity index (χ4v) is 5.77. The predicted molar refractivity (Wildman–Crippen MR) is 144 cm³/mol. The molecule has 0 aromatic heterocycles. The lowest BCUT2D eigenvalue weighted by Crippen LogP contribution is -2.60. The number of benzene rings is 3. The highest BCUT2D eigenvalue weighted by Gasteiger charge is 2.39. The van der Waals surface area contributed by atoms with Gasteiger partial charge in [-0.3, -0.25) is 9.80 Å². The van der Waals surface area contributed by atoms with E-state index < -0.39 is 0 Å². The first-order valence-corrected chi connectivity index (χ1v) is 12.0. The Morgan fingerprint density at radius 3 is 2.00 bits per heavy atom. The van der Waals surface area contributed by atoms with E-state index >= 15 is 0 Å². The SMILES string of the molecule is Cl.Cl.Clc1ccc(CN2CCN3C[C@H]2CC[C@@H]3C(c2ccccc2)c2ccccc2)cc1Cl. The van der Waals surface area contributed by atoms with Gasteiger partial charge in [0.2, 0.25) is 0 Å². The maximum atomic E-state index is 6.25. The van der Waals surface area contributed by atoms with Crippen LogP contribution < -0.4 is 0 Å². The Kier molecular flexibility index (Phi) is 9.52. The summed E-state index contributed by atoms with van der Waals surface area (Å²) in [5, 5.41) is 1.28. The summed E-state index contributed by atoms with van der Waals surface area (Å²) >= 11 is 12.3. The zero-order valence-electron chi connectivity index (χ0n) is 18.4. The molecule has 176 valence electrons. The highest BCUT2D eigenvalue weighted by Crippen LogP contribution is 2.38. The number of halogens is 4. The molecule has 0 N–H and O–H groups in total. The summed E-state index contributed by atoms with van der Waals surface area (Å²) in [5.41, 5.74) is 4.10. The van der Waals surface area contributed by atoms with Crippen LogP contribution in [-0.2, 0) is 6.54 Å². The van der Waals surface area contributed by atoms with Crippen LogP contribution in [0.2, 0.25) is 10.0 Å². The molecule has 6 heteroatoms. The van der Waals surface area contributed by atoms with Gasteiger partial charge in [0.1, 0.15) is 0 Å². The zero-order chi connectivity index (χ0) is 21.2. The van der Waals surface area contributed by atoms with Crippen LogP contribution in [0, 0.1) is 0 Å². The van der Waals surface area contributed by atoms with Gasteiger partial charge in [0, 0.05) is 44.2 Å². The standard InChI is InChI=1S/C27H28Cl2N2.2ClH/c28-24-13-11-20(17-25(24)29)18-30-15-16-31-19-23(30)12-14-26(31)27(21-7-3-1-4-8-21)22-9-5-2-6-10-22;;/h1-11,13,17,23,26-27H,12,14-16,18-19H2;2*1H/t23-,26-;;/m1../s1. The fourth-order valence-electron chi connectivity index (χ4n) is 5.45. The fraction of sp³-hybridized carbons (Fsp3) is 0.333. The molecule has 0 amide bonds. The molecular weight excluding hydrogens is 494 g/mol. The summed E-state index contributed by atoms with van der Waals surface area (Å²) in [6.45, 7) is 4.29. The second-order valence-electron chi connectivity index (χ2n) is 8.81. The van der Waals surface area contributed by atoms with Gasteiger partial charge in [-0.15, -0.1) is 24.8 Å². The molecule has 3 aromatic carbocycles. The van der Waals surface area contributed by atoms with E-state index in [-0.39, 0.29) is 24.8 Å². The lowest BCUT2D eigenvalue weighted by Gasteiger charge is -2.51. The van der Waals surface area contributed by atoms with E-state index in [1.165, 1.54) is 29.5 Å². The number of hydrogen-bond donors (Lipinski definition) is 0.